The minimum Gasteiger partial charge on any atom is -0.394 e. The lowest BCUT2D eigenvalue weighted by molar-refractivity contribution is -0.124. The Hall–Kier alpha value is -1.52. The molecule has 5 heteroatoms. The Morgan fingerprint density at radius 1 is 1.33 bits per heavy atom. The number of amides is 1. The Balaban J connectivity index is 1.47. The number of nitrogens with one attached hydrogen (secondary N) is 1. The van der Waals surface area contributed by atoms with Crippen molar-refractivity contribution < 1.29 is 4.79 Å². The number of nitrogens with zero attached hydrogens (tertiary/aromatic N) is 2. The molecule has 0 radical (unpaired) electrons. The van der Waals surface area contributed by atoms with E-state index in [-0.39, 0.29) is 11.3 Å². The van der Waals surface area contributed by atoms with Gasteiger partial charge >= 0.3 is 0 Å². The lowest BCUT2D eigenvalue weighted by Gasteiger charge is -2.56. The van der Waals surface area contributed by atoms with Crippen LogP contribution in [0, 0.1) is 23.2 Å². The maximum absolute atomic E-state index is 12.5. The second kappa shape index (κ2) is 4.49. The predicted molar refractivity (Wildman–Crippen MR) is 81.5 cm³/mol. The summed E-state index contributed by atoms with van der Waals surface area (Å²) in [6.07, 6.45) is 10.2. The molecule has 0 aromatic carbocycles. The summed E-state index contributed by atoms with van der Waals surface area (Å²) >= 11 is 0. The van der Waals surface area contributed by atoms with Gasteiger partial charge in [0.2, 0.25) is 5.91 Å². The zero-order valence-corrected chi connectivity index (χ0v) is 12.6. The van der Waals surface area contributed by atoms with Gasteiger partial charge in [-0.2, -0.15) is 5.10 Å². The molecule has 0 spiro atoms. The van der Waals surface area contributed by atoms with Gasteiger partial charge in [-0.15, -0.1) is 0 Å². The molecule has 114 valence electrons. The first-order valence-corrected chi connectivity index (χ1v) is 8.10. The van der Waals surface area contributed by atoms with Crippen molar-refractivity contribution in [3.63, 3.8) is 0 Å². The molecule has 0 unspecified atom stereocenters. The van der Waals surface area contributed by atoms with Crippen LogP contribution in [0.15, 0.2) is 6.20 Å². The van der Waals surface area contributed by atoms with E-state index in [0.717, 1.165) is 17.8 Å². The molecule has 0 saturated heterocycles. The molecule has 4 aliphatic carbocycles. The monoisotopic (exact) mass is 288 g/mol. The van der Waals surface area contributed by atoms with Crippen molar-refractivity contribution in [3.8, 4) is 0 Å². The first-order chi connectivity index (χ1) is 10.0. The average molecular weight is 288 g/mol. The number of aromatic nitrogens is 2. The third kappa shape index (κ3) is 2.23. The van der Waals surface area contributed by atoms with Crippen molar-refractivity contribution in [3.05, 3.63) is 6.20 Å². The van der Waals surface area contributed by atoms with E-state index in [9.17, 15) is 4.79 Å². The molecular weight excluding hydrogens is 264 g/mol. The summed E-state index contributed by atoms with van der Waals surface area (Å²) in [7, 11) is 1.80. The molecule has 4 fully saturated rings. The number of rotatable bonds is 3. The molecule has 4 aliphatic rings. The van der Waals surface area contributed by atoms with Gasteiger partial charge in [0.25, 0.3) is 0 Å². The standard InChI is InChI=1S/C16H24N4O/c1-20-15(13(17)9-18-20)19-14(21)8-16-5-10-2-11(6-16)4-12(3-10)7-16/h9-12H,2-8,17H2,1H3,(H,19,21). The lowest BCUT2D eigenvalue weighted by Crippen LogP contribution is -2.47. The van der Waals surface area contributed by atoms with Crippen LogP contribution >= 0.6 is 0 Å². The number of anilines is 2. The minimum atomic E-state index is 0.104. The van der Waals surface area contributed by atoms with Gasteiger partial charge in [-0.05, 0) is 61.7 Å². The third-order valence-corrected chi connectivity index (χ3v) is 5.93. The van der Waals surface area contributed by atoms with Crippen molar-refractivity contribution in [1.29, 1.82) is 0 Å². The van der Waals surface area contributed by atoms with Crippen LogP contribution in [0.3, 0.4) is 0 Å². The number of carbonyl (C=O) groups excluding carboxylic acids is 1. The zero-order valence-electron chi connectivity index (χ0n) is 12.6. The fourth-order valence-electron chi connectivity index (χ4n) is 5.63. The summed E-state index contributed by atoms with van der Waals surface area (Å²) in [5, 5.41) is 7.04. The molecule has 1 aromatic heterocycles. The highest BCUT2D eigenvalue weighted by atomic mass is 16.1. The second-order valence-corrected chi connectivity index (χ2v) is 7.71. The van der Waals surface area contributed by atoms with Gasteiger partial charge in [-0.3, -0.25) is 9.48 Å². The van der Waals surface area contributed by atoms with Crippen LogP contribution in [-0.4, -0.2) is 15.7 Å². The maximum atomic E-state index is 12.5. The largest absolute Gasteiger partial charge is 0.394 e. The van der Waals surface area contributed by atoms with E-state index in [4.69, 9.17) is 5.73 Å². The summed E-state index contributed by atoms with van der Waals surface area (Å²) in [4.78, 5) is 12.5. The number of hydrogen-bond acceptors (Lipinski definition) is 3. The van der Waals surface area contributed by atoms with Crippen LogP contribution in [0.25, 0.3) is 0 Å². The maximum Gasteiger partial charge on any atom is 0.226 e. The average Bonchev–Trinajstić information content (AvgIpc) is 2.68. The predicted octanol–water partition coefficient (Wildman–Crippen LogP) is 2.55. The van der Waals surface area contributed by atoms with E-state index >= 15 is 0 Å². The van der Waals surface area contributed by atoms with Crippen molar-refractivity contribution in [2.24, 2.45) is 30.2 Å². The fraction of sp³-hybridized carbons (Fsp3) is 0.750. The first-order valence-electron chi connectivity index (χ1n) is 8.10. The van der Waals surface area contributed by atoms with E-state index in [1.807, 2.05) is 0 Å². The molecular formula is C16H24N4O. The minimum absolute atomic E-state index is 0.104. The van der Waals surface area contributed by atoms with Gasteiger partial charge in [0.1, 0.15) is 0 Å². The van der Waals surface area contributed by atoms with Gasteiger partial charge in [0.15, 0.2) is 5.82 Å². The quantitative estimate of drug-likeness (QED) is 0.897. The van der Waals surface area contributed by atoms with Crippen LogP contribution in [0.4, 0.5) is 11.5 Å². The topological polar surface area (TPSA) is 72.9 Å². The third-order valence-electron chi connectivity index (χ3n) is 5.93. The highest BCUT2D eigenvalue weighted by Gasteiger charge is 2.51. The number of nitrogen functional groups attached to an aromatic ring is 1. The molecule has 0 atom stereocenters. The fourth-order valence-corrected chi connectivity index (χ4v) is 5.63. The van der Waals surface area contributed by atoms with E-state index in [1.165, 1.54) is 38.5 Å². The molecule has 21 heavy (non-hydrogen) atoms. The van der Waals surface area contributed by atoms with Crippen LogP contribution < -0.4 is 11.1 Å². The van der Waals surface area contributed by atoms with Crippen LogP contribution in [-0.2, 0) is 11.8 Å². The van der Waals surface area contributed by atoms with Crippen molar-refractivity contribution in [2.45, 2.75) is 44.9 Å². The summed E-state index contributed by atoms with van der Waals surface area (Å²) in [5.41, 5.74) is 6.66. The summed E-state index contributed by atoms with van der Waals surface area (Å²) in [5.74, 6) is 3.37. The molecule has 5 rings (SSSR count). The van der Waals surface area contributed by atoms with E-state index in [0.29, 0.717) is 17.9 Å². The van der Waals surface area contributed by atoms with Gasteiger partial charge in [-0.1, -0.05) is 0 Å². The van der Waals surface area contributed by atoms with Crippen LogP contribution in [0.2, 0.25) is 0 Å². The van der Waals surface area contributed by atoms with E-state index < -0.39 is 0 Å². The summed E-state index contributed by atoms with van der Waals surface area (Å²) in [6, 6.07) is 0. The highest BCUT2D eigenvalue weighted by Crippen LogP contribution is 2.61. The number of aryl methyl sites for hydroxylation is 1. The molecule has 4 bridgehead atoms. The molecule has 1 aromatic rings. The van der Waals surface area contributed by atoms with Gasteiger partial charge in [0, 0.05) is 13.5 Å². The number of hydrogen-bond donors (Lipinski definition) is 2. The molecule has 1 heterocycles. The van der Waals surface area contributed by atoms with Crippen molar-refractivity contribution in [2.75, 3.05) is 11.1 Å². The van der Waals surface area contributed by atoms with E-state index in [2.05, 4.69) is 10.4 Å². The number of carbonyl (C=O) groups is 1. The van der Waals surface area contributed by atoms with Gasteiger partial charge in [-0.25, -0.2) is 0 Å². The Bertz CT molecular complexity index is 522. The van der Waals surface area contributed by atoms with Crippen LogP contribution in [0.1, 0.15) is 44.9 Å². The molecule has 0 aliphatic heterocycles. The Morgan fingerprint density at radius 3 is 2.38 bits per heavy atom. The SMILES string of the molecule is Cn1ncc(N)c1NC(=O)CC12CC3CC(CC(C3)C1)C2. The molecule has 5 nitrogen and oxygen atoms in total. The Morgan fingerprint density at radius 2 is 1.90 bits per heavy atom. The lowest BCUT2D eigenvalue weighted by atomic mass is 9.49. The number of nitrogens with two attached hydrogens (primary N) is 1. The first kappa shape index (κ1) is 13.2. The summed E-state index contributed by atoms with van der Waals surface area (Å²) < 4.78 is 1.63. The normalized spacial score (nSPS) is 36.9. The zero-order chi connectivity index (χ0) is 14.6. The Labute approximate surface area is 125 Å². The highest BCUT2D eigenvalue weighted by molar-refractivity contribution is 5.93. The second-order valence-electron chi connectivity index (χ2n) is 7.71. The molecule has 3 N–H and O–H groups in total. The van der Waals surface area contributed by atoms with Crippen molar-refractivity contribution in [1.82, 2.24) is 9.78 Å². The van der Waals surface area contributed by atoms with E-state index in [1.54, 1.807) is 17.9 Å². The van der Waals surface area contributed by atoms with Gasteiger partial charge in [0.05, 0.1) is 11.9 Å². The van der Waals surface area contributed by atoms with Crippen molar-refractivity contribution >= 4 is 17.4 Å². The molecule has 4 saturated carbocycles. The van der Waals surface area contributed by atoms with Gasteiger partial charge < -0.3 is 11.1 Å². The smallest absolute Gasteiger partial charge is 0.226 e. The Kier molecular flexibility index (Phi) is 2.81. The summed E-state index contributed by atoms with van der Waals surface area (Å²) in [6.45, 7) is 0. The van der Waals surface area contributed by atoms with Crippen LogP contribution in [0.5, 0.6) is 0 Å². The molecule has 1 amide bonds.